The molecular formula is C9H21NS. The third kappa shape index (κ3) is 8.21. The molecule has 0 radical (unpaired) electrons. The molecule has 0 aromatic heterocycles. The van der Waals surface area contributed by atoms with E-state index < -0.39 is 0 Å². The minimum atomic E-state index is 0.849. The molecule has 0 heterocycles. The van der Waals surface area contributed by atoms with Crippen LogP contribution in [0.3, 0.4) is 0 Å². The predicted octanol–water partition coefficient (Wildman–Crippen LogP) is 2.38. The van der Waals surface area contributed by atoms with E-state index in [0.29, 0.717) is 0 Å². The fourth-order valence-electron chi connectivity index (χ4n) is 1.12. The van der Waals surface area contributed by atoms with Crippen LogP contribution in [0.15, 0.2) is 0 Å². The van der Waals surface area contributed by atoms with Gasteiger partial charge in [0, 0.05) is 12.3 Å². The van der Waals surface area contributed by atoms with Crippen molar-refractivity contribution in [1.29, 1.82) is 0 Å². The van der Waals surface area contributed by atoms with Crippen molar-refractivity contribution >= 4 is 11.8 Å². The van der Waals surface area contributed by atoms with Gasteiger partial charge in [-0.05, 0) is 25.1 Å². The molecule has 1 atom stereocenters. The molecule has 68 valence electrons. The van der Waals surface area contributed by atoms with E-state index in [2.05, 4.69) is 25.4 Å². The van der Waals surface area contributed by atoms with E-state index in [9.17, 15) is 0 Å². The van der Waals surface area contributed by atoms with Crippen molar-refractivity contribution in [2.45, 2.75) is 26.7 Å². The molecular weight excluding hydrogens is 154 g/mol. The molecule has 0 spiro atoms. The van der Waals surface area contributed by atoms with Crippen LogP contribution in [0.1, 0.15) is 26.7 Å². The van der Waals surface area contributed by atoms with Crippen LogP contribution < -0.4 is 5.32 Å². The largest absolute Gasteiger partial charge is 0.316 e. The highest BCUT2D eigenvalue weighted by atomic mass is 32.2. The quantitative estimate of drug-likeness (QED) is 0.596. The molecule has 0 fully saturated rings. The Kier molecular flexibility index (Phi) is 8.64. The Hall–Kier alpha value is 0.310. The minimum absolute atomic E-state index is 0.849. The number of nitrogens with one attached hydrogen (secondary N) is 1. The first-order chi connectivity index (χ1) is 5.31. The van der Waals surface area contributed by atoms with Gasteiger partial charge in [0.25, 0.3) is 0 Å². The molecule has 0 aliphatic heterocycles. The highest BCUT2D eigenvalue weighted by molar-refractivity contribution is 7.98. The van der Waals surface area contributed by atoms with Crippen LogP contribution in [0, 0.1) is 5.92 Å². The summed E-state index contributed by atoms with van der Waals surface area (Å²) in [7, 11) is 0. The average Bonchev–Trinajstić information content (AvgIpc) is 1.99. The normalized spacial score (nSPS) is 13.4. The van der Waals surface area contributed by atoms with E-state index in [0.717, 1.165) is 12.5 Å². The first-order valence-electron chi connectivity index (χ1n) is 4.50. The van der Waals surface area contributed by atoms with Crippen molar-refractivity contribution in [1.82, 2.24) is 5.32 Å². The molecule has 0 saturated carbocycles. The summed E-state index contributed by atoms with van der Waals surface area (Å²) in [6.07, 6.45) is 4.81. The van der Waals surface area contributed by atoms with E-state index in [4.69, 9.17) is 0 Å². The van der Waals surface area contributed by atoms with E-state index in [-0.39, 0.29) is 0 Å². The van der Waals surface area contributed by atoms with Gasteiger partial charge < -0.3 is 5.32 Å². The molecule has 0 aliphatic rings. The molecule has 0 saturated heterocycles. The van der Waals surface area contributed by atoms with Gasteiger partial charge in [-0.1, -0.05) is 20.3 Å². The van der Waals surface area contributed by atoms with Gasteiger partial charge in [0.1, 0.15) is 0 Å². The van der Waals surface area contributed by atoms with Crippen molar-refractivity contribution in [3.63, 3.8) is 0 Å². The van der Waals surface area contributed by atoms with Gasteiger partial charge in [0.05, 0.1) is 0 Å². The Balaban J connectivity index is 2.97. The maximum atomic E-state index is 3.45. The summed E-state index contributed by atoms with van der Waals surface area (Å²) >= 11 is 1.90. The fraction of sp³-hybridized carbons (Fsp3) is 1.00. The van der Waals surface area contributed by atoms with Crippen molar-refractivity contribution in [2.75, 3.05) is 25.1 Å². The smallest absolute Gasteiger partial charge is 0.00553 e. The second-order valence-electron chi connectivity index (χ2n) is 3.09. The van der Waals surface area contributed by atoms with Crippen LogP contribution in [0.5, 0.6) is 0 Å². The molecule has 1 nitrogen and oxygen atoms in total. The van der Waals surface area contributed by atoms with Crippen molar-refractivity contribution in [2.24, 2.45) is 5.92 Å². The molecule has 1 N–H and O–H groups in total. The molecule has 0 aromatic rings. The molecule has 0 aliphatic carbocycles. The third-order valence-corrected chi connectivity index (χ3v) is 2.37. The Bertz CT molecular complexity index is 76.0. The summed E-state index contributed by atoms with van der Waals surface area (Å²) in [5.41, 5.74) is 0. The summed E-state index contributed by atoms with van der Waals surface area (Å²) in [6.45, 7) is 6.91. The number of thioether (sulfide) groups is 1. The van der Waals surface area contributed by atoms with Crippen molar-refractivity contribution < 1.29 is 0 Å². The fourth-order valence-corrected chi connectivity index (χ4v) is 1.47. The maximum Gasteiger partial charge on any atom is 0.00553 e. The highest BCUT2D eigenvalue weighted by Crippen LogP contribution is 2.02. The molecule has 0 bridgehead atoms. The lowest BCUT2D eigenvalue weighted by Gasteiger charge is -2.10. The average molecular weight is 175 g/mol. The second kappa shape index (κ2) is 8.41. The van der Waals surface area contributed by atoms with Gasteiger partial charge >= 0.3 is 0 Å². The molecule has 1 unspecified atom stereocenters. The lowest BCUT2D eigenvalue weighted by Crippen LogP contribution is -2.23. The Morgan fingerprint density at radius 1 is 1.45 bits per heavy atom. The van der Waals surface area contributed by atoms with Gasteiger partial charge in [-0.15, -0.1) is 0 Å². The third-order valence-electron chi connectivity index (χ3n) is 1.76. The summed E-state index contributed by atoms with van der Waals surface area (Å²) in [6, 6.07) is 0. The number of hydrogen-bond acceptors (Lipinski definition) is 2. The summed E-state index contributed by atoms with van der Waals surface area (Å²) in [4.78, 5) is 0. The molecule has 0 amide bonds. The zero-order valence-corrected chi connectivity index (χ0v) is 8.84. The minimum Gasteiger partial charge on any atom is -0.316 e. The second-order valence-corrected chi connectivity index (χ2v) is 4.08. The zero-order chi connectivity index (χ0) is 8.53. The topological polar surface area (TPSA) is 12.0 Å². The zero-order valence-electron chi connectivity index (χ0n) is 8.02. The van der Waals surface area contributed by atoms with Crippen LogP contribution >= 0.6 is 11.8 Å². The van der Waals surface area contributed by atoms with Gasteiger partial charge in [-0.2, -0.15) is 11.8 Å². The Labute approximate surface area is 75.3 Å². The summed E-state index contributed by atoms with van der Waals surface area (Å²) in [5.74, 6) is 2.08. The number of rotatable bonds is 7. The van der Waals surface area contributed by atoms with E-state index in [1.807, 2.05) is 11.8 Å². The van der Waals surface area contributed by atoms with Gasteiger partial charge in [0.15, 0.2) is 0 Å². The summed E-state index contributed by atoms with van der Waals surface area (Å²) in [5, 5.41) is 3.45. The van der Waals surface area contributed by atoms with Gasteiger partial charge in [0.2, 0.25) is 0 Å². The Morgan fingerprint density at radius 3 is 2.73 bits per heavy atom. The first kappa shape index (κ1) is 11.3. The van der Waals surface area contributed by atoms with Crippen LogP contribution in [0.4, 0.5) is 0 Å². The predicted molar refractivity (Wildman–Crippen MR) is 55.3 cm³/mol. The van der Waals surface area contributed by atoms with Crippen LogP contribution in [0.2, 0.25) is 0 Å². The molecule has 2 heteroatoms. The van der Waals surface area contributed by atoms with Gasteiger partial charge in [-0.3, -0.25) is 0 Å². The van der Waals surface area contributed by atoms with E-state index in [1.165, 1.54) is 25.1 Å². The van der Waals surface area contributed by atoms with Gasteiger partial charge in [-0.25, -0.2) is 0 Å². The number of hydrogen-bond donors (Lipinski definition) is 1. The van der Waals surface area contributed by atoms with Crippen LogP contribution in [0.25, 0.3) is 0 Å². The lowest BCUT2D eigenvalue weighted by molar-refractivity contribution is 0.485. The maximum absolute atomic E-state index is 3.45. The standard InChI is InChI=1S/C9H21NS/c1-4-5-9(2)8-10-6-7-11-3/h9-10H,4-8H2,1-3H3. The van der Waals surface area contributed by atoms with Crippen molar-refractivity contribution in [3.05, 3.63) is 0 Å². The first-order valence-corrected chi connectivity index (χ1v) is 5.90. The SMILES string of the molecule is CCCC(C)CNCCSC. The van der Waals surface area contributed by atoms with E-state index in [1.54, 1.807) is 0 Å². The Morgan fingerprint density at radius 2 is 2.18 bits per heavy atom. The van der Waals surface area contributed by atoms with Crippen molar-refractivity contribution in [3.8, 4) is 0 Å². The molecule has 11 heavy (non-hydrogen) atoms. The monoisotopic (exact) mass is 175 g/mol. The van der Waals surface area contributed by atoms with Crippen LogP contribution in [-0.4, -0.2) is 25.1 Å². The van der Waals surface area contributed by atoms with Crippen LogP contribution in [-0.2, 0) is 0 Å². The molecule has 0 aromatic carbocycles. The lowest BCUT2D eigenvalue weighted by atomic mass is 10.1. The van der Waals surface area contributed by atoms with E-state index >= 15 is 0 Å². The summed E-state index contributed by atoms with van der Waals surface area (Å²) < 4.78 is 0. The molecule has 0 rings (SSSR count). The highest BCUT2D eigenvalue weighted by Gasteiger charge is 1.97.